The fourth-order valence-corrected chi connectivity index (χ4v) is 2.98. The summed E-state index contributed by atoms with van der Waals surface area (Å²) < 4.78 is 1.03. The second-order valence-corrected chi connectivity index (χ2v) is 5.83. The predicted molar refractivity (Wildman–Crippen MR) is 73.6 cm³/mol. The van der Waals surface area contributed by atoms with Crippen LogP contribution in [0, 0.1) is 5.92 Å². The van der Waals surface area contributed by atoms with Crippen molar-refractivity contribution in [1.82, 2.24) is 4.90 Å². The molecule has 0 radical (unpaired) electrons. The monoisotopic (exact) mass is 298 g/mol. The molecule has 4 heteroatoms. The maximum atomic E-state index is 9.57. The molecule has 1 aliphatic rings. The molecule has 0 bridgehead atoms. The Labute approximate surface area is 111 Å². The molecule has 1 heterocycles. The van der Waals surface area contributed by atoms with E-state index in [0.717, 1.165) is 36.2 Å². The molecule has 0 aliphatic carbocycles. The third kappa shape index (κ3) is 3.44. The highest BCUT2D eigenvalue weighted by Gasteiger charge is 2.25. The molecule has 0 aromatic heterocycles. The Kier molecular flexibility index (Phi) is 4.07. The van der Waals surface area contributed by atoms with Crippen LogP contribution in [-0.2, 0) is 6.54 Å². The average Bonchev–Trinajstić information content (AvgIpc) is 2.64. The number of aliphatic hydroxyl groups is 1. The summed E-state index contributed by atoms with van der Waals surface area (Å²) >= 11 is 3.46. The molecular formula is C13H19BrN2O. The summed E-state index contributed by atoms with van der Waals surface area (Å²) in [7, 11) is 0. The molecule has 94 valence electrons. The van der Waals surface area contributed by atoms with Gasteiger partial charge in [-0.2, -0.15) is 0 Å². The normalized spacial score (nSPS) is 22.9. The average molecular weight is 299 g/mol. The van der Waals surface area contributed by atoms with E-state index in [1.165, 1.54) is 5.56 Å². The number of benzene rings is 1. The molecule has 0 spiro atoms. The van der Waals surface area contributed by atoms with Crippen molar-refractivity contribution in [1.29, 1.82) is 0 Å². The van der Waals surface area contributed by atoms with Gasteiger partial charge in [0, 0.05) is 23.2 Å². The summed E-state index contributed by atoms with van der Waals surface area (Å²) in [5.41, 5.74) is 7.84. The fourth-order valence-electron chi connectivity index (χ4n) is 2.42. The number of nitrogens with two attached hydrogens (primary N) is 1. The minimum absolute atomic E-state index is 0.201. The zero-order valence-electron chi connectivity index (χ0n) is 10.1. The number of halogens is 1. The molecule has 1 aliphatic heterocycles. The summed E-state index contributed by atoms with van der Waals surface area (Å²) in [6.45, 7) is 4.82. The molecule has 0 amide bonds. The molecule has 2 atom stereocenters. The Morgan fingerprint density at radius 3 is 2.88 bits per heavy atom. The van der Waals surface area contributed by atoms with Gasteiger partial charge in [0.25, 0.3) is 0 Å². The van der Waals surface area contributed by atoms with Crippen LogP contribution >= 0.6 is 15.9 Å². The molecule has 1 saturated heterocycles. The standard InChI is InChI=1S/C13H19BrN2O/c1-9(17)11-2-3-16(8-11)7-10-4-12(14)6-13(15)5-10/h4-6,9,11,17H,2-3,7-8,15H2,1H3. The first-order valence-corrected chi connectivity index (χ1v) is 6.79. The highest BCUT2D eigenvalue weighted by molar-refractivity contribution is 9.10. The van der Waals surface area contributed by atoms with Gasteiger partial charge in [-0.05, 0) is 49.6 Å². The van der Waals surface area contributed by atoms with Gasteiger partial charge in [0.05, 0.1) is 6.10 Å². The van der Waals surface area contributed by atoms with E-state index in [4.69, 9.17) is 5.73 Å². The smallest absolute Gasteiger partial charge is 0.0552 e. The van der Waals surface area contributed by atoms with Gasteiger partial charge < -0.3 is 10.8 Å². The Hall–Kier alpha value is -0.580. The van der Waals surface area contributed by atoms with Crippen LogP contribution in [0.3, 0.4) is 0 Å². The van der Waals surface area contributed by atoms with Crippen molar-refractivity contribution in [3.05, 3.63) is 28.2 Å². The lowest BCUT2D eigenvalue weighted by atomic mass is 10.0. The Balaban J connectivity index is 1.98. The SMILES string of the molecule is CC(O)C1CCN(Cc2cc(N)cc(Br)c2)C1. The summed E-state index contributed by atoms with van der Waals surface area (Å²) in [5, 5.41) is 9.57. The van der Waals surface area contributed by atoms with Gasteiger partial charge in [-0.1, -0.05) is 15.9 Å². The van der Waals surface area contributed by atoms with Gasteiger partial charge in [-0.15, -0.1) is 0 Å². The van der Waals surface area contributed by atoms with E-state index in [1.54, 1.807) is 0 Å². The van der Waals surface area contributed by atoms with Crippen LogP contribution in [0.1, 0.15) is 18.9 Å². The second kappa shape index (κ2) is 5.38. The lowest BCUT2D eigenvalue weighted by molar-refractivity contribution is 0.127. The lowest BCUT2D eigenvalue weighted by Crippen LogP contribution is -2.24. The molecule has 2 unspecified atom stereocenters. The van der Waals surface area contributed by atoms with E-state index in [9.17, 15) is 5.11 Å². The number of hydrogen-bond acceptors (Lipinski definition) is 3. The maximum Gasteiger partial charge on any atom is 0.0552 e. The van der Waals surface area contributed by atoms with Crippen molar-refractivity contribution in [2.24, 2.45) is 5.92 Å². The zero-order chi connectivity index (χ0) is 12.4. The van der Waals surface area contributed by atoms with Crippen LogP contribution in [-0.4, -0.2) is 29.2 Å². The Morgan fingerprint density at radius 1 is 1.53 bits per heavy atom. The van der Waals surface area contributed by atoms with E-state index in [2.05, 4.69) is 26.9 Å². The van der Waals surface area contributed by atoms with Crippen LogP contribution in [0.4, 0.5) is 5.69 Å². The molecule has 1 aromatic carbocycles. The number of nitrogen functional groups attached to an aromatic ring is 1. The van der Waals surface area contributed by atoms with Crippen molar-refractivity contribution >= 4 is 21.6 Å². The molecule has 3 N–H and O–H groups in total. The number of aliphatic hydroxyl groups excluding tert-OH is 1. The minimum atomic E-state index is -0.201. The summed E-state index contributed by atoms with van der Waals surface area (Å²) in [5.74, 6) is 0.416. The van der Waals surface area contributed by atoms with Crippen LogP contribution in [0.15, 0.2) is 22.7 Å². The van der Waals surface area contributed by atoms with E-state index >= 15 is 0 Å². The summed E-state index contributed by atoms with van der Waals surface area (Å²) in [6, 6.07) is 6.03. The van der Waals surface area contributed by atoms with Crippen LogP contribution in [0.5, 0.6) is 0 Å². The molecule has 1 fully saturated rings. The van der Waals surface area contributed by atoms with Crippen molar-refractivity contribution in [2.45, 2.75) is 26.0 Å². The lowest BCUT2D eigenvalue weighted by Gasteiger charge is -2.17. The van der Waals surface area contributed by atoms with E-state index in [1.807, 2.05) is 19.1 Å². The van der Waals surface area contributed by atoms with E-state index in [0.29, 0.717) is 5.92 Å². The largest absolute Gasteiger partial charge is 0.399 e. The van der Waals surface area contributed by atoms with Crippen molar-refractivity contribution in [3.63, 3.8) is 0 Å². The minimum Gasteiger partial charge on any atom is -0.399 e. The summed E-state index contributed by atoms with van der Waals surface area (Å²) in [6.07, 6.45) is 0.883. The van der Waals surface area contributed by atoms with Gasteiger partial charge in [-0.3, -0.25) is 4.90 Å². The van der Waals surface area contributed by atoms with Gasteiger partial charge in [-0.25, -0.2) is 0 Å². The highest BCUT2D eigenvalue weighted by atomic mass is 79.9. The predicted octanol–water partition coefficient (Wildman–Crippen LogP) is 2.23. The number of nitrogens with zero attached hydrogens (tertiary/aromatic N) is 1. The quantitative estimate of drug-likeness (QED) is 0.842. The van der Waals surface area contributed by atoms with E-state index in [-0.39, 0.29) is 6.10 Å². The maximum absolute atomic E-state index is 9.57. The van der Waals surface area contributed by atoms with Crippen molar-refractivity contribution in [2.75, 3.05) is 18.8 Å². The molecule has 1 aromatic rings. The zero-order valence-corrected chi connectivity index (χ0v) is 11.7. The molecular weight excluding hydrogens is 280 g/mol. The first-order valence-electron chi connectivity index (χ1n) is 6.00. The highest BCUT2D eigenvalue weighted by Crippen LogP contribution is 2.23. The third-order valence-electron chi connectivity index (χ3n) is 3.38. The van der Waals surface area contributed by atoms with Gasteiger partial charge in [0.15, 0.2) is 0 Å². The first-order chi connectivity index (χ1) is 8.04. The number of rotatable bonds is 3. The first kappa shape index (κ1) is 12.9. The molecule has 2 rings (SSSR count). The molecule has 0 saturated carbocycles. The van der Waals surface area contributed by atoms with E-state index < -0.39 is 0 Å². The number of hydrogen-bond donors (Lipinski definition) is 2. The number of likely N-dealkylation sites (tertiary alicyclic amines) is 1. The topological polar surface area (TPSA) is 49.5 Å². The van der Waals surface area contributed by atoms with Crippen molar-refractivity contribution < 1.29 is 5.11 Å². The summed E-state index contributed by atoms with van der Waals surface area (Å²) in [4.78, 5) is 2.37. The fraction of sp³-hybridized carbons (Fsp3) is 0.538. The molecule has 3 nitrogen and oxygen atoms in total. The Morgan fingerprint density at radius 2 is 2.29 bits per heavy atom. The van der Waals surface area contributed by atoms with Gasteiger partial charge in [0.1, 0.15) is 0 Å². The second-order valence-electron chi connectivity index (χ2n) is 4.92. The number of anilines is 1. The van der Waals surface area contributed by atoms with Crippen LogP contribution in [0.25, 0.3) is 0 Å². The van der Waals surface area contributed by atoms with Crippen molar-refractivity contribution in [3.8, 4) is 0 Å². The van der Waals surface area contributed by atoms with Crippen LogP contribution in [0.2, 0.25) is 0 Å². The molecule has 17 heavy (non-hydrogen) atoms. The van der Waals surface area contributed by atoms with Gasteiger partial charge >= 0.3 is 0 Å². The van der Waals surface area contributed by atoms with Gasteiger partial charge in [0.2, 0.25) is 0 Å². The Bertz CT molecular complexity index is 375. The third-order valence-corrected chi connectivity index (χ3v) is 3.83. The van der Waals surface area contributed by atoms with Crippen LogP contribution < -0.4 is 5.73 Å².